The summed E-state index contributed by atoms with van der Waals surface area (Å²) in [4.78, 5) is 14.9. The number of fused-ring (bicyclic) bond motifs is 2. The van der Waals surface area contributed by atoms with Gasteiger partial charge in [-0.2, -0.15) is 13.1 Å². The molecule has 1 heterocycles. The molecule has 0 bridgehead atoms. The summed E-state index contributed by atoms with van der Waals surface area (Å²) in [6, 6.07) is 13.1. The maximum absolute atomic E-state index is 13.2. The maximum Gasteiger partial charge on any atom is 0.299 e. The molecule has 0 aromatic heterocycles. The third-order valence-electron chi connectivity index (χ3n) is 4.74. The fraction of sp³-hybridized carbons (Fsp3) is 0.409. The highest BCUT2D eigenvalue weighted by atomic mass is 32.2. The van der Waals surface area contributed by atoms with Crippen LogP contribution in [0.4, 0.5) is 17.1 Å². The minimum absolute atomic E-state index is 0.0424. The molecule has 0 radical (unpaired) electrons. The number of anilines is 3. The van der Waals surface area contributed by atoms with E-state index in [0.717, 1.165) is 29.7 Å². The Morgan fingerprint density at radius 1 is 1.10 bits per heavy atom. The third kappa shape index (κ3) is 5.38. The number of rotatable bonds is 8. The van der Waals surface area contributed by atoms with Gasteiger partial charge in [-0.05, 0) is 48.1 Å². The largest absolute Gasteiger partial charge is 0.371 e. The van der Waals surface area contributed by atoms with Gasteiger partial charge in [-0.3, -0.25) is 14.4 Å². The lowest BCUT2D eigenvalue weighted by Crippen LogP contribution is -2.32. The number of aryl methyl sites for hydroxylation is 2. The van der Waals surface area contributed by atoms with Gasteiger partial charge in [0.1, 0.15) is 6.61 Å². The molecule has 0 spiro atoms. The summed E-state index contributed by atoms with van der Waals surface area (Å²) in [5.74, 6) is 0.145. The van der Waals surface area contributed by atoms with Crippen molar-refractivity contribution in [2.75, 3.05) is 29.4 Å². The molecule has 0 saturated carbocycles. The first-order valence-corrected chi connectivity index (χ1v) is 11.7. The van der Waals surface area contributed by atoms with E-state index in [1.165, 1.54) is 0 Å². The highest BCUT2D eigenvalue weighted by Crippen LogP contribution is 2.37. The fourth-order valence-electron chi connectivity index (χ4n) is 3.48. The minimum atomic E-state index is -3.67. The fourth-order valence-corrected chi connectivity index (χ4v) is 4.37. The average molecular weight is 432 g/mol. The van der Waals surface area contributed by atoms with Crippen LogP contribution in [0.15, 0.2) is 42.5 Å². The van der Waals surface area contributed by atoms with E-state index in [4.69, 9.17) is 4.74 Å². The molecule has 2 aromatic carbocycles. The SMILES string of the molecule is CCNS(=O)(=O)Nc1ccc2c(c1)N(C(=O)COCC(C)C)c1ccccc1CC2. The summed E-state index contributed by atoms with van der Waals surface area (Å²) in [5, 5.41) is 0. The summed E-state index contributed by atoms with van der Waals surface area (Å²) in [6.07, 6.45) is 1.55. The van der Waals surface area contributed by atoms with E-state index in [2.05, 4.69) is 9.44 Å². The van der Waals surface area contributed by atoms with Gasteiger partial charge in [0.15, 0.2) is 0 Å². The number of nitrogens with zero attached hydrogens (tertiary/aromatic N) is 1. The average Bonchev–Trinajstić information content (AvgIpc) is 2.83. The molecule has 162 valence electrons. The van der Waals surface area contributed by atoms with E-state index in [-0.39, 0.29) is 19.1 Å². The molecule has 1 amide bonds. The van der Waals surface area contributed by atoms with Crippen LogP contribution in [0, 0.1) is 5.92 Å². The molecule has 3 rings (SSSR count). The Bertz CT molecular complexity index is 1010. The van der Waals surface area contributed by atoms with Gasteiger partial charge >= 0.3 is 0 Å². The molecule has 0 fully saturated rings. The van der Waals surface area contributed by atoms with Gasteiger partial charge in [0.2, 0.25) is 0 Å². The second kappa shape index (κ2) is 9.59. The molecule has 0 saturated heterocycles. The lowest BCUT2D eigenvalue weighted by Gasteiger charge is -2.26. The zero-order valence-corrected chi connectivity index (χ0v) is 18.5. The number of hydrogen-bond donors (Lipinski definition) is 2. The smallest absolute Gasteiger partial charge is 0.299 e. The second-order valence-electron chi connectivity index (χ2n) is 7.71. The van der Waals surface area contributed by atoms with Crippen LogP contribution in [0.2, 0.25) is 0 Å². The number of nitrogens with one attached hydrogen (secondary N) is 2. The number of benzene rings is 2. The van der Waals surface area contributed by atoms with Gasteiger partial charge in [0.05, 0.1) is 17.1 Å². The predicted octanol–water partition coefficient (Wildman–Crippen LogP) is 3.39. The first-order chi connectivity index (χ1) is 14.3. The number of hydrogen-bond acceptors (Lipinski definition) is 4. The van der Waals surface area contributed by atoms with Crippen molar-refractivity contribution < 1.29 is 17.9 Å². The van der Waals surface area contributed by atoms with Gasteiger partial charge < -0.3 is 4.74 Å². The Morgan fingerprint density at radius 2 is 1.80 bits per heavy atom. The van der Waals surface area contributed by atoms with E-state index >= 15 is 0 Å². The van der Waals surface area contributed by atoms with Crippen molar-refractivity contribution in [2.24, 2.45) is 5.92 Å². The van der Waals surface area contributed by atoms with Crippen molar-refractivity contribution in [3.05, 3.63) is 53.6 Å². The molecule has 1 aliphatic rings. The molecule has 0 unspecified atom stereocenters. The van der Waals surface area contributed by atoms with Crippen LogP contribution in [-0.4, -0.2) is 34.1 Å². The van der Waals surface area contributed by atoms with Crippen molar-refractivity contribution >= 4 is 33.2 Å². The normalized spacial score (nSPS) is 13.5. The standard InChI is InChI=1S/C22H29N3O4S/c1-4-23-30(27,28)24-19-12-11-18-10-9-17-7-5-6-8-20(17)25(21(18)13-19)22(26)15-29-14-16(2)3/h5-8,11-13,16,23-24H,4,9-10,14-15H2,1-3H3. The van der Waals surface area contributed by atoms with E-state index in [1.807, 2.05) is 44.2 Å². The summed E-state index contributed by atoms with van der Waals surface area (Å²) in [6.45, 7) is 6.51. The Kier molecular flexibility index (Phi) is 7.12. The third-order valence-corrected chi connectivity index (χ3v) is 5.91. The van der Waals surface area contributed by atoms with E-state index in [0.29, 0.717) is 23.9 Å². The van der Waals surface area contributed by atoms with Crippen LogP contribution in [0.3, 0.4) is 0 Å². The van der Waals surface area contributed by atoms with Gasteiger partial charge in [-0.25, -0.2) is 0 Å². The Morgan fingerprint density at radius 3 is 2.50 bits per heavy atom. The van der Waals surface area contributed by atoms with E-state index in [9.17, 15) is 13.2 Å². The zero-order valence-electron chi connectivity index (χ0n) is 17.6. The summed E-state index contributed by atoms with van der Waals surface area (Å²) >= 11 is 0. The van der Waals surface area contributed by atoms with Crippen molar-refractivity contribution in [3.8, 4) is 0 Å². The second-order valence-corrected chi connectivity index (χ2v) is 9.21. The first-order valence-electron chi connectivity index (χ1n) is 10.2. The topological polar surface area (TPSA) is 87.7 Å². The Balaban J connectivity index is 2.00. The van der Waals surface area contributed by atoms with Gasteiger partial charge in [-0.1, -0.05) is 45.0 Å². The molecule has 30 heavy (non-hydrogen) atoms. The molecule has 8 heteroatoms. The number of carbonyl (C=O) groups is 1. The number of carbonyl (C=O) groups excluding carboxylic acids is 1. The monoisotopic (exact) mass is 431 g/mol. The van der Waals surface area contributed by atoms with Crippen LogP contribution < -0.4 is 14.3 Å². The molecule has 1 aliphatic heterocycles. The van der Waals surface area contributed by atoms with Crippen molar-refractivity contribution in [2.45, 2.75) is 33.6 Å². The van der Waals surface area contributed by atoms with Gasteiger partial charge in [-0.15, -0.1) is 0 Å². The predicted molar refractivity (Wildman–Crippen MR) is 119 cm³/mol. The van der Waals surface area contributed by atoms with E-state index < -0.39 is 10.2 Å². The molecular formula is C22H29N3O4S. The molecule has 2 N–H and O–H groups in total. The molecule has 2 aromatic rings. The molecular weight excluding hydrogens is 402 g/mol. The summed E-state index contributed by atoms with van der Waals surface area (Å²) in [5.41, 5.74) is 3.93. The molecule has 7 nitrogen and oxygen atoms in total. The van der Waals surface area contributed by atoms with Crippen molar-refractivity contribution in [1.82, 2.24) is 4.72 Å². The molecule has 0 atom stereocenters. The summed E-state index contributed by atoms with van der Waals surface area (Å²) in [7, 11) is -3.67. The van der Waals surface area contributed by atoms with Crippen molar-refractivity contribution in [1.29, 1.82) is 0 Å². The Hall–Kier alpha value is -2.42. The highest BCUT2D eigenvalue weighted by molar-refractivity contribution is 7.90. The van der Waals surface area contributed by atoms with Crippen LogP contribution in [-0.2, 0) is 32.6 Å². The lowest BCUT2D eigenvalue weighted by atomic mass is 10.0. The van der Waals surface area contributed by atoms with Crippen LogP contribution in [0.5, 0.6) is 0 Å². The quantitative estimate of drug-likeness (QED) is 0.671. The van der Waals surface area contributed by atoms with Gasteiger partial charge in [0, 0.05) is 13.2 Å². The summed E-state index contributed by atoms with van der Waals surface area (Å²) < 4.78 is 34.8. The maximum atomic E-state index is 13.2. The number of amides is 1. The first kappa shape index (κ1) is 22.3. The molecule has 0 aliphatic carbocycles. The van der Waals surface area contributed by atoms with Crippen LogP contribution in [0.1, 0.15) is 31.9 Å². The van der Waals surface area contributed by atoms with Crippen LogP contribution in [0.25, 0.3) is 0 Å². The van der Waals surface area contributed by atoms with Crippen molar-refractivity contribution in [3.63, 3.8) is 0 Å². The Labute approximate surface area is 178 Å². The number of para-hydroxylation sites is 1. The zero-order chi connectivity index (χ0) is 21.7. The van der Waals surface area contributed by atoms with Gasteiger partial charge in [0.25, 0.3) is 16.1 Å². The minimum Gasteiger partial charge on any atom is -0.371 e. The van der Waals surface area contributed by atoms with Crippen LogP contribution >= 0.6 is 0 Å². The lowest BCUT2D eigenvalue weighted by molar-refractivity contribution is -0.122. The number of ether oxygens (including phenoxy) is 1. The van der Waals surface area contributed by atoms with E-state index in [1.54, 1.807) is 24.0 Å². The highest BCUT2D eigenvalue weighted by Gasteiger charge is 2.26.